The topological polar surface area (TPSA) is 83.5 Å². The van der Waals surface area contributed by atoms with Crippen LogP contribution in [0.4, 0.5) is 10.1 Å². The van der Waals surface area contributed by atoms with Crippen molar-refractivity contribution in [1.82, 2.24) is 0 Å². The maximum atomic E-state index is 13.1. The fourth-order valence-corrected chi connectivity index (χ4v) is 3.35. The van der Waals surface area contributed by atoms with Crippen molar-refractivity contribution in [3.8, 4) is 0 Å². The minimum atomic E-state index is -3.97. The molecule has 2 aromatic carbocycles. The molecule has 0 spiro atoms. The van der Waals surface area contributed by atoms with E-state index in [2.05, 4.69) is 4.72 Å². The zero-order valence-corrected chi connectivity index (χ0v) is 12.9. The first-order valence-electron chi connectivity index (χ1n) is 6.02. The van der Waals surface area contributed by atoms with Crippen molar-refractivity contribution in [3.63, 3.8) is 0 Å². The SMILES string of the molecule is Cc1cc(F)ccc1S(=O)(=O)Nc1ccc(Cl)c(C(=O)O)c1. The Hall–Kier alpha value is -2.12. The van der Waals surface area contributed by atoms with E-state index in [-0.39, 0.29) is 26.7 Å². The Balaban J connectivity index is 2.41. The fourth-order valence-electron chi connectivity index (χ4n) is 1.88. The molecule has 5 nitrogen and oxygen atoms in total. The molecule has 2 rings (SSSR count). The second kappa shape index (κ2) is 5.94. The molecule has 0 aliphatic carbocycles. The van der Waals surface area contributed by atoms with Crippen molar-refractivity contribution in [2.24, 2.45) is 0 Å². The monoisotopic (exact) mass is 343 g/mol. The summed E-state index contributed by atoms with van der Waals surface area (Å²) < 4.78 is 39.9. The normalized spacial score (nSPS) is 11.2. The van der Waals surface area contributed by atoms with E-state index in [0.29, 0.717) is 0 Å². The third-order valence-corrected chi connectivity index (χ3v) is 4.75. The van der Waals surface area contributed by atoms with Gasteiger partial charge in [0.15, 0.2) is 0 Å². The Morgan fingerprint density at radius 2 is 1.91 bits per heavy atom. The zero-order valence-electron chi connectivity index (χ0n) is 11.3. The van der Waals surface area contributed by atoms with Crippen LogP contribution < -0.4 is 4.72 Å². The van der Waals surface area contributed by atoms with Gasteiger partial charge in [-0.1, -0.05) is 11.6 Å². The zero-order chi connectivity index (χ0) is 16.5. The standard InChI is InChI=1S/C14H11ClFNO4S/c1-8-6-9(16)2-5-13(8)22(20,21)17-10-3-4-12(15)11(7-10)14(18)19/h2-7,17H,1H3,(H,18,19). The van der Waals surface area contributed by atoms with Gasteiger partial charge in [0.25, 0.3) is 10.0 Å². The highest BCUT2D eigenvalue weighted by Crippen LogP contribution is 2.24. The molecule has 0 heterocycles. The molecule has 8 heteroatoms. The first kappa shape index (κ1) is 16.3. The van der Waals surface area contributed by atoms with Gasteiger partial charge in [0.1, 0.15) is 5.82 Å². The Morgan fingerprint density at radius 3 is 2.50 bits per heavy atom. The van der Waals surface area contributed by atoms with E-state index in [1.165, 1.54) is 19.1 Å². The predicted octanol–water partition coefficient (Wildman–Crippen LogP) is 3.29. The maximum Gasteiger partial charge on any atom is 0.337 e. The molecule has 0 saturated heterocycles. The molecule has 0 fully saturated rings. The molecule has 2 aromatic rings. The number of aryl methyl sites for hydroxylation is 1. The minimum Gasteiger partial charge on any atom is -0.478 e. The third-order valence-electron chi connectivity index (χ3n) is 2.88. The summed E-state index contributed by atoms with van der Waals surface area (Å²) in [7, 11) is -3.97. The number of anilines is 1. The average Bonchev–Trinajstić information content (AvgIpc) is 2.39. The number of nitrogens with one attached hydrogen (secondary N) is 1. The van der Waals surface area contributed by atoms with Gasteiger partial charge in [0.05, 0.1) is 15.5 Å². The number of carbonyl (C=O) groups is 1. The van der Waals surface area contributed by atoms with Crippen molar-refractivity contribution in [3.05, 3.63) is 58.4 Å². The van der Waals surface area contributed by atoms with Crippen molar-refractivity contribution < 1.29 is 22.7 Å². The molecular formula is C14H11ClFNO4S. The fraction of sp³-hybridized carbons (Fsp3) is 0.0714. The van der Waals surface area contributed by atoms with Gasteiger partial charge in [0.2, 0.25) is 0 Å². The Labute approximate surface area is 131 Å². The summed E-state index contributed by atoms with van der Waals surface area (Å²) >= 11 is 5.72. The number of rotatable bonds is 4. The Bertz CT molecular complexity index is 852. The van der Waals surface area contributed by atoms with Crippen LogP contribution >= 0.6 is 11.6 Å². The largest absolute Gasteiger partial charge is 0.478 e. The summed E-state index contributed by atoms with van der Waals surface area (Å²) in [6, 6.07) is 7.00. The lowest BCUT2D eigenvalue weighted by molar-refractivity contribution is 0.0697. The first-order valence-corrected chi connectivity index (χ1v) is 7.88. The lowest BCUT2D eigenvalue weighted by Crippen LogP contribution is -2.15. The highest BCUT2D eigenvalue weighted by atomic mass is 35.5. The van der Waals surface area contributed by atoms with E-state index >= 15 is 0 Å². The van der Waals surface area contributed by atoms with Gasteiger partial charge in [-0.2, -0.15) is 0 Å². The van der Waals surface area contributed by atoms with E-state index in [1.807, 2.05) is 0 Å². The Kier molecular flexibility index (Phi) is 4.39. The van der Waals surface area contributed by atoms with Gasteiger partial charge in [-0.25, -0.2) is 17.6 Å². The third kappa shape index (κ3) is 3.37. The summed E-state index contributed by atoms with van der Waals surface area (Å²) in [5, 5.41) is 8.97. The molecule has 0 amide bonds. The molecule has 0 aromatic heterocycles. The summed E-state index contributed by atoms with van der Waals surface area (Å²) in [5.74, 6) is -1.82. The molecule has 116 valence electrons. The number of sulfonamides is 1. The maximum absolute atomic E-state index is 13.1. The Morgan fingerprint density at radius 1 is 1.23 bits per heavy atom. The van der Waals surface area contributed by atoms with Gasteiger partial charge >= 0.3 is 5.97 Å². The van der Waals surface area contributed by atoms with Crippen molar-refractivity contribution in [2.75, 3.05) is 4.72 Å². The number of benzene rings is 2. The van der Waals surface area contributed by atoms with E-state index < -0.39 is 21.8 Å². The molecule has 0 unspecified atom stereocenters. The van der Waals surface area contributed by atoms with Crippen LogP contribution in [0.1, 0.15) is 15.9 Å². The van der Waals surface area contributed by atoms with Crippen LogP contribution in [-0.2, 0) is 10.0 Å². The number of halogens is 2. The van der Waals surface area contributed by atoms with Gasteiger partial charge < -0.3 is 5.11 Å². The lowest BCUT2D eigenvalue weighted by atomic mass is 10.2. The van der Waals surface area contributed by atoms with Crippen molar-refractivity contribution >= 4 is 33.3 Å². The van der Waals surface area contributed by atoms with Crippen molar-refractivity contribution in [1.29, 1.82) is 0 Å². The second-order valence-electron chi connectivity index (χ2n) is 4.52. The van der Waals surface area contributed by atoms with Crippen molar-refractivity contribution in [2.45, 2.75) is 11.8 Å². The van der Waals surface area contributed by atoms with E-state index in [0.717, 1.165) is 24.3 Å². The second-order valence-corrected chi connectivity index (χ2v) is 6.57. The molecular weight excluding hydrogens is 333 g/mol. The van der Waals surface area contributed by atoms with Crippen LogP contribution in [0.25, 0.3) is 0 Å². The highest BCUT2D eigenvalue weighted by molar-refractivity contribution is 7.92. The predicted molar refractivity (Wildman–Crippen MR) is 80.4 cm³/mol. The smallest absolute Gasteiger partial charge is 0.337 e. The van der Waals surface area contributed by atoms with E-state index in [9.17, 15) is 17.6 Å². The first-order chi connectivity index (χ1) is 10.2. The van der Waals surface area contributed by atoms with Crippen LogP contribution in [0.3, 0.4) is 0 Å². The van der Waals surface area contributed by atoms with Gasteiger partial charge in [-0.05, 0) is 48.9 Å². The number of carboxylic acid groups (broad SMARTS) is 1. The summed E-state index contributed by atoms with van der Waals surface area (Å²) in [5.41, 5.74) is 0.0585. The quantitative estimate of drug-likeness (QED) is 0.892. The van der Waals surface area contributed by atoms with Crippen LogP contribution in [0.2, 0.25) is 5.02 Å². The molecule has 0 atom stereocenters. The molecule has 2 N–H and O–H groups in total. The van der Waals surface area contributed by atoms with Gasteiger partial charge in [-0.15, -0.1) is 0 Å². The highest BCUT2D eigenvalue weighted by Gasteiger charge is 2.18. The number of hydrogen-bond donors (Lipinski definition) is 2. The molecule has 22 heavy (non-hydrogen) atoms. The number of hydrogen-bond acceptors (Lipinski definition) is 3. The minimum absolute atomic E-state index is 0.00610. The van der Waals surface area contributed by atoms with Crippen LogP contribution in [0.5, 0.6) is 0 Å². The summed E-state index contributed by atoms with van der Waals surface area (Å²) in [6.45, 7) is 1.46. The van der Waals surface area contributed by atoms with Crippen LogP contribution in [-0.4, -0.2) is 19.5 Å². The molecule has 0 saturated carbocycles. The van der Waals surface area contributed by atoms with Gasteiger partial charge in [-0.3, -0.25) is 4.72 Å². The number of carboxylic acids is 1. The van der Waals surface area contributed by atoms with Crippen LogP contribution in [0.15, 0.2) is 41.3 Å². The summed E-state index contributed by atoms with van der Waals surface area (Å²) in [6.07, 6.45) is 0. The molecule has 0 bridgehead atoms. The van der Waals surface area contributed by atoms with Gasteiger partial charge in [0, 0.05) is 5.69 Å². The molecule has 0 aliphatic rings. The lowest BCUT2D eigenvalue weighted by Gasteiger charge is -2.11. The van der Waals surface area contributed by atoms with Crippen LogP contribution in [0, 0.1) is 12.7 Å². The average molecular weight is 344 g/mol. The summed E-state index contributed by atoms with van der Waals surface area (Å²) in [4.78, 5) is 10.9. The van der Waals surface area contributed by atoms with E-state index in [4.69, 9.17) is 16.7 Å². The number of aromatic carboxylic acids is 1. The molecule has 0 aliphatic heterocycles. The van der Waals surface area contributed by atoms with E-state index in [1.54, 1.807) is 0 Å². The molecule has 0 radical (unpaired) electrons.